The number of tetrazole rings is 1. The quantitative estimate of drug-likeness (QED) is 0.447. The van der Waals surface area contributed by atoms with Crippen LogP contribution in [0.1, 0.15) is 5.69 Å². The summed E-state index contributed by atoms with van der Waals surface area (Å²) < 4.78 is 31.9. The number of amides is 1. The van der Waals surface area contributed by atoms with Gasteiger partial charge in [-0.15, -0.1) is 5.10 Å². The third-order valence-electron chi connectivity index (χ3n) is 4.74. The molecule has 12 heteroatoms. The number of nitrogens with zero attached hydrogens (tertiary/aromatic N) is 6. The first-order valence-electron chi connectivity index (χ1n) is 9.38. The summed E-state index contributed by atoms with van der Waals surface area (Å²) in [6, 6.07) is 12.4. The highest BCUT2D eigenvalue weighted by molar-refractivity contribution is 7.99. The zero-order valence-corrected chi connectivity index (χ0v) is 17.8. The lowest BCUT2D eigenvalue weighted by molar-refractivity contribution is -0.113. The molecule has 2 aromatic heterocycles. The van der Waals surface area contributed by atoms with Crippen molar-refractivity contribution in [3.63, 3.8) is 0 Å². The fourth-order valence-electron chi connectivity index (χ4n) is 3.13. The first-order chi connectivity index (χ1) is 15.4. The minimum atomic E-state index is -0.880. The van der Waals surface area contributed by atoms with Crippen LogP contribution in [0.5, 0.6) is 0 Å². The molecule has 0 saturated carbocycles. The molecule has 0 saturated heterocycles. The van der Waals surface area contributed by atoms with Gasteiger partial charge in [-0.05, 0) is 41.6 Å². The van der Waals surface area contributed by atoms with Crippen molar-refractivity contribution < 1.29 is 13.6 Å². The summed E-state index contributed by atoms with van der Waals surface area (Å²) in [6.07, 6.45) is 0. The van der Waals surface area contributed by atoms with Crippen molar-refractivity contribution in [3.05, 3.63) is 76.2 Å². The van der Waals surface area contributed by atoms with Crippen molar-refractivity contribution in [2.75, 3.05) is 11.1 Å². The normalized spacial score (nSPS) is 11.0. The summed E-state index contributed by atoms with van der Waals surface area (Å²) in [4.78, 5) is 25.4. The molecule has 1 amide bonds. The van der Waals surface area contributed by atoms with E-state index >= 15 is 0 Å². The number of aromatic nitrogens is 6. The summed E-state index contributed by atoms with van der Waals surface area (Å²) in [6.45, 7) is 1.75. The Morgan fingerprint density at radius 1 is 1.09 bits per heavy atom. The van der Waals surface area contributed by atoms with Gasteiger partial charge in [0.05, 0.1) is 17.1 Å². The Hall–Kier alpha value is -3.80. The van der Waals surface area contributed by atoms with Crippen LogP contribution >= 0.6 is 11.8 Å². The predicted octanol–water partition coefficient (Wildman–Crippen LogP) is 2.47. The molecule has 0 atom stereocenters. The molecule has 0 aliphatic heterocycles. The smallest absolute Gasteiger partial charge is 0.297 e. The van der Waals surface area contributed by atoms with Crippen LogP contribution in [-0.2, 0) is 11.8 Å². The number of benzene rings is 2. The predicted molar refractivity (Wildman–Crippen MR) is 114 cm³/mol. The van der Waals surface area contributed by atoms with E-state index in [2.05, 4.69) is 20.8 Å². The Labute approximate surface area is 184 Å². The van der Waals surface area contributed by atoms with Crippen LogP contribution in [0.2, 0.25) is 0 Å². The molecule has 0 spiro atoms. The van der Waals surface area contributed by atoms with Gasteiger partial charge < -0.3 is 5.32 Å². The highest BCUT2D eigenvalue weighted by Crippen LogP contribution is 2.22. The molecule has 4 rings (SSSR count). The monoisotopic (exact) mass is 457 g/mol. The Balaban J connectivity index is 1.59. The Bertz CT molecular complexity index is 1330. The van der Waals surface area contributed by atoms with E-state index in [1.54, 1.807) is 30.8 Å². The summed E-state index contributed by atoms with van der Waals surface area (Å²) in [5, 5.41) is 13.8. The first kappa shape index (κ1) is 21.4. The number of carbonyl (C=O) groups is 1. The maximum Gasteiger partial charge on any atom is 0.297 e. The third kappa shape index (κ3) is 3.91. The van der Waals surface area contributed by atoms with E-state index in [9.17, 15) is 18.4 Å². The molecule has 0 unspecified atom stereocenters. The Kier molecular flexibility index (Phi) is 5.86. The van der Waals surface area contributed by atoms with Crippen molar-refractivity contribution in [3.8, 4) is 11.4 Å². The van der Waals surface area contributed by atoms with Gasteiger partial charge in [0.2, 0.25) is 11.1 Å². The van der Waals surface area contributed by atoms with E-state index in [-0.39, 0.29) is 22.2 Å². The van der Waals surface area contributed by atoms with Crippen molar-refractivity contribution in [1.82, 2.24) is 29.6 Å². The number of anilines is 1. The molecule has 164 valence electrons. The lowest BCUT2D eigenvalue weighted by Crippen LogP contribution is -2.22. The number of halogens is 2. The van der Waals surface area contributed by atoms with E-state index in [4.69, 9.17) is 0 Å². The Morgan fingerprint density at radius 3 is 2.47 bits per heavy atom. The van der Waals surface area contributed by atoms with Crippen molar-refractivity contribution >= 4 is 23.4 Å². The van der Waals surface area contributed by atoms with Crippen LogP contribution in [0, 0.1) is 18.6 Å². The second-order valence-electron chi connectivity index (χ2n) is 6.72. The lowest BCUT2D eigenvalue weighted by Gasteiger charge is -2.07. The SMILES string of the molecule is Cc1c(-n2nnnc2SCC(=O)Nc2c(F)cccc2F)c(=O)n(-c2ccccc2)n1C. The summed E-state index contributed by atoms with van der Waals surface area (Å²) in [5.74, 6) is -2.64. The van der Waals surface area contributed by atoms with Crippen LogP contribution in [0.3, 0.4) is 0 Å². The minimum absolute atomic E-state index is 0.181. The molecule has 0 bridgehead atoms. The molecule has 0 fully saturated rings. The van der Waals surface area contributed by atoms with E-state index in [1.165, 1.54) is 15.4 Å². The fourth-order valence-corrected chi connectivity index (χ4v) is 3.81. The standard InChI is InChI=1S/C20H17F2N7O2S/c1-12-18(19(31)29(27(12)2)13-7-4-3-5-8-13)28-20(24-25-26-28)32-11-16(30)23-17-14(21)9-6-10-15(17)22/h3-10H,11H2,1-2H3,(H,23,30). The first-order valence-corrected chi connectivity index (χ1v) is 10.4. The van der Waals surface area contributed by atoms with Crippen LogP contribution < -0.4 is 10.9 Å². The number of para-hydroxylation sites is 2. The van der Waals surface area contributed by atoms with Crippen LogP contribution in [0.15, 0.2) is 58.5 Å². The fraction of sp³-hybridized carbons (Fsp3) is 0.150. The maximum atomic E-state index is 13.7. The number of thioether (sulfide) groups is 1. The average Bonchev–Trinajstić information content (AvgIpc) is 3.32. The zero-order chi connectivity index (χ0) is 22.8. The van der Waals surface area contributed by atoms with Crippen molar-refractivity contribution in [2.24, 2.45) is 7.05 Å². The van der Waals surface area contributed by atoms with E-state index in [0.717, 1.165) is 23.9 Å². The van der Waals surface area contributed by atoms with Crippen molar-refractivity contribution in [2.45, 2.75) is 12.1 Å². The largest absolute Gasteiger partial charge is 0.320 e. The molecule has 9 nitrogen and oxygen atoms in total. The van der Waals surface area contributed by atoms with Gasteiger partial charge in [-0.3, -0.25) is 14.3 Å². The van der Waals surface area contributed by atoms with Gasteiger partial charge in [0.1, 0.15) is 17.3 Å². The van der Waals surface area contributed by atoms with E-state index in [0.29, 0.717) is 11.4 Å². The van der Waals surface area contributed by atoms with Gasteiger partial charge in [-0.2, -0.15) is 4.68 Å². The summed E-state index contributed by atoms with van der Waals surface area (Å²) >= 11 is 0.928. The molecular formula is C20H17F2N7O2S. The van der Waals surface area contributed by atoms with Crippen LogP contribution in [0.4, 0.5) is 14.5 Å². The summed E-state index contributed by atoms with van der Waals surface area (Å²) in [5.41, 5.74) is 0.629. The number of hydrogen-bond acceptors (Lipinski definition) is 6. The number of rotatable bonds is 6. The molecule has 4 aromatic rings. The van der Waals surface area contributed by atoms with Gasteiger partial charge >= 0.3 is 0 Å². The van der Waals surface area contributed by atoms with E-state index in [1.807, 2.05) is 18.2 Å². The second kappa shape index (κ2) is 8.75. The number of nitrogens with one attached hydrogen (secondary N) is 1. The topological polar surface area (TPSA) is 99.6 Å². The number of hydrogen-bond donors (Lipinski definition) is 1. The second-order valence-corrected chi connectivity index (χ2v) is 7.66. The number of carbonyl (C=O) groups excluding carboxylic acids is 1. The van der Waals surface area contributed by atoms with Crippen LogP contribution in [0.25, 0.3) is 11.4 Å². The summed E-state index contributed by atoms with van der Waals surface area (Å²) in [7, 11) is 1.74. The van der Waals surface area contributed by atoms with Gasteiger partial charge in [0.25, 0.3) is 5.56 Å². The highest BCUT2D eigenvalue weighted by Gasteiger charge is 2.22. The average molecular weight is 457 g/mol. The molecule has 1 N–H and O–H groups in total. The third-order valence-corrected chi connectivity index (χ3v) is 5.66. The Morgan fingerprint density at radius 2 is 1.78 bits per heavy atom. The van der Waals surface area contributed by atoms with Crippen LogP contribution in [-0.4, -0.2) is 41.2 Å². The zero-order valence-electron chi connectivity index (χ0n) is 17.0. The molecule has 0 aliphatic rings. The van der Waals surface area contributed by atoms with Gasteiger partial charge in [0.15, 0.2) is 5.69 Å². The highest BCUT2D eigenvalue weighted by atomic mass is 32.2. The van der Waals surface area contributed by atoms with Gasteiger partial charge in [-0.25, -0.2) is 13.5 Å². The maximum absolute atomic E-state index is 13.7. The van der Waals surface area contributed by atoms with Gasteiger partial charge in [-0.1, -0.05) is 36.0 Å². The van der Waals surface area contributed by atoms with Gasteiger partial charge in [0, 0.05) is 7.05 Å². The molecule has 32 heavy (non-hydrogen) atoms. The molecular weight excluding hydrogens is 440 g/mol. The van der Waals surface area contributed by atoms with Crippen molar-refractivity contribution in [1.29, 1.82) is 0 Å². The molecule has 2 aromatic carbocycles. The lowest BCUT2D eigenvalue weighted by atomic mass is 10.3. The molecule has 2 heterocycles. The molecule has 0 aliphatic carbocycles. The minimum Gasteiger partial charge on any atom is -0.320 e. The van der Waals surface area contributed by atoms with E-state index < -0.39 is 23.2 Å². The molecule has 0 radical (unpaired) electrons.